The molecule has 0 aromatic heterocycles. The molecular weight excluding hydrogens is 336 g/mol. The maximum atomic E-state index is 12.6. The molecule has 0 heterocycles. The van der Waals surface area contributed by atoms with E-state index in [1.54, 1.807) is 0 Å². The lowest BCUT2D eigenvalue weighted by Gasteiger charge is -2.22. The first-order valence-corrected chi connectivity index (χ1v) is 9.76. The molecule has 1 aliphatic carbocycles. The minimum Gasteiger partial charge on any atom is -0.350 e. The number of hydrogen-bond donors (Lipinski definition) is 2. The van der Waals surface area contributed by atoms with E-state index in [-0.39, 0.29) is 30.3 Å². The number of benzene rings is 2. The number of carbonyl (C=O) groups excluding carboxylic acids is 2. The van der Waals surface area contributed by atoms with Crippen LogP contribution in [0.25, 0.3) is 0 Å². The molecule has 4 heteroatoms. The summed E-state index contributed by atoms with van der Waals surface area (Å²) in [6.07, 6.45) is 5.02. The highest BCUT2D eigenvalue weighted by Crippen LogP contribution is 2.25. The molecule has 0 aliphatic heterocycles. The SMILES string of the molecule is CC(=O)N[C@H](CC(=O)N[C@@H](C)c1ccc2c(c1)CCCC2)c1ccccc1. The zero-order valence-corrected chi connectivity index (χ0v) is 16.1. The first-order valence-electron chi connectivity index (χ1n) is 9.76. The average molecular weight is 364 g/mol. The van der Waals surface area contributed by atoms with Gasteiger partial charge in [-0.3, -0.25) is 9.59 Å². The molecule has 0 radical (unpaired) electrons. The van der Waals surface area contributed by atoms with Crippen molar-refractivity contribution in [2.24, 2.45) is 0 Å². The molecular formula is C23H28N2O2. The van der Waals surface area contributed by atoms with Crippen molar-refractivity contribution in [3.05, 3.63) is 70.8 Å². The van der Waals surface area contributed by atoms with Crippen molar-refractivity contribution in [1.82, 2.24) is 10.6 Å². The Morgan fingerprint density at radius 1 is 0.926 bits per heavy atom. The molecule has 2 N–H and O–H groups in total. The Balaban J connectivity index is 1.65. The standard InChI is InChI=1S/C23H28N2O2/c1-16(20-13-12-18-8-6-7-11-21(18)14-20)24-23(27)15-22(25-17(2)26)19-9-4-3-5-10-19/h3-5,9-10,12-14,16,22H,6-8,11,15H2,1-2H3,(H,24,27)(H,25,26)/t16-,22+/m0/s1. The number of nitrogens with one attached hydrogen (secondary N) is 2. The van der Waals surface area contributed by atoms with Crippen molar-refractivity contribution >= 4 is 11.8 Å². The predicted octanol–water partition coefficient (Wildman–Crippen LogP) is 4.01. The zero-order valence-electron chi connectivity index (χ0n) is 16.1. The lowest BCUT2D eigenvalue weighted by molar-refractivity contribution is -0.123. The third kappa shape index (κ3) is 5.19. The number of rotatable bonds is 6. The molecule has 3 rings (SSSR count). The van der Waals surface area contributed by atoms with Crippen molar-refractivity contribution in [2.45, 2.75) is 58.0 Å². The zero-order chi connectivity index (χ0) is 19.2. The van der Waals surface area contributed by atoms with Gasteiger partial charge in [0.25, 0.3) is 0 Å². The Labute approximate surface area is 161 Å². The second kappa shape index (κ2) is 8.85. The highest BCUT2D eigenvalue weighted by Gasteiger charge is 2.19. The molecule has 0 bridgehead atoms. The fourth-order valence-corrected chi connectivity index (χ4v) is 3.77. The molecule has 2 aromatic rings. The van der Waals surface area contributed by atoms with Crippen LogP contribution in [-0.2, 0) is 22.4 Å². The summed E-state index contributed by atoms with van der Waals surface area (Å²) < 4.78 is 0. The van der Waals surface area contributed by atoms with E-state index in [4.69, 9.17) is 0 Å². The van der Waals surface area contributed by atoms with Crippen LogP contribution >= 0.6 is 0 Å². The molecule has 0 saturated heterocycles. The Bertz CT molecular complexity index is 801. The number of hydrogen-bond acceptors (Lipinski definition) is 2. The van der Waals surface area contributed by atoms with Crippen LogP contribution < -0.4 is 10.6 Å². The molecule has 0 fully saturated rings. The summed E-state index contributed by atoms with van der Waals surface area (Å²) in [4.78, 5) is 24.2. The van der Waals surface area contributed by atoms with E-state index in [1.807, 2.05) is 37.3 Å². The summed E-state index contributed by atoms with van der Waals surface area (Å²) in [6, 6.07) is 15.8. The van der Waals surface area contributed by atoms with E-state index in [9.17, 15) is 9.59 Å². The van der Waals surface area contributed by atoms with Gasteiger partial charge in [0.15, 0.2) is 0 Å². The third-order valence-electron chi connectivity index (χ3n) is 5.22. The number of aryl methyl sites for hydroxylation is 2. The molecule has 142 valence electrons. The lowest BCUT2D eigenvalue weighted by Crippen LogP contribution is -2.33. The van der Waals surface area contributed by atoms with Crippen LogP contribution in [0.3, 0.4) is 0 Å². The summed E-state index contributed by atoms with van der Waals surface area (Å²) in [5, 5.41) is 5.97. The Morgan fingerprint density at radius 2 is 1.63 bits per heavy atom. The smallest absolute Gasteiger partial charge is 0.222 e. The monoisotopic (exact) mass is 364 g/mol. The average Bonchev–Trinajstić information content (AvgIpc) is 2.67. The second-order valence-corrected chi connectivity index (χ2v) is 7.39. The van der Waals surface area contributed by atoms with Crippen molar-refractivity contribution in [1.29, 1.82) is 0 Å². The summed E-state index contributed by atoms with van der Waals surface area (Å²) >= 11 is 0. The van der Waals surface area contributed by atoms with Crippen LogP contribution in [0.2, 0.25) is 0 Å². The van der Waals surface area contributed by atoms with Crippen LogP contribution in [0.4, 0.5) is 0 Å². The fraction of sp³-hybridized carbons (Fsp3) is 0.391. The Kier molecular flexibility index (Phi) is 6.28. The van der Waals surface area contributed by atoms with Gasteiger partial charge in [0, 0.05) is 6.92 Å². The molecule has 4 nitrogen and oxygen atoms in total. The normalized spacial score (nSPS) is 15.3. The maximum Gasteiger partial charge on any atom is 0.222 e. The van der Waals surface area contributed by atoms with Crippen LogP contribution in [0.5, 0.6) is 0 Å². The Hall–Kier alpha value is -2.62. The summed E-state index contributed by atoms with van der Waals surface area (Å²) in [5.41, 5.74) is 4.93. The molecule has 2 aromatic carbocycles. The van der Waals surface area contributed by atoms with Gasteiger partial charge in [-0.25, -0.2) is 0 Å². The molecule has 2 amide bonds. The summed E-state index contributed by atoms with van der Waals surface area (Å²) in [6.45, 7) is 3.49. The molecule has 1 aliphatic rings. The molecule has 0 saturated carbocycles. The Morgan fingerprint density at radius 3 is 2.33 bits per heavy atom. The largest absolute Gasteiger partial charge is 0.350 e. The number of amides is 2. The van der Waals surface area contributed by atoms with Gasteiger partial charge in [0.1, 0.15) is 0 Å². The van der Waals surface area contributed by atoms with Crippen LogP contribution in [0.15, 0.2) is 48.5 Å². The van der Waals surface area contributed by atoms with Crippen molar-refractivity contribution in [2.75, 3.05) is 0 Å². The van der Waals surface area contributed by atoms with E-state index < -0.39 is 0 Å². The minimum atomic E-state index is -0.320. The molecule has 2 atom stereocenters. The predicted molar refractivity (Wildman–Crippen MR) is 107 cm³/mol. The first kappa shape index (κ1) is 19.2. The van der Waals surface area contributed by atoms with Crippen LogP contribution in [0.1, 0.15) is 67.4 Å². The number of carbonyl (C=O) groups is 2. The van der Waals surface area contributed by atoms with E-state index in [2.05, 4.69) is 28.8 Å². The van der Waals surface area contributed by atoms with E-state index in [0.717, 1.165) is 24.0 Å². The van der Waals surface area contributed by atoms with Crippen LogP contribution in [0, 0.1) is 0 Å². The maximum absolute atomic E-state index is 12.6. The second-order valence-electron chi connectivity index (χ2n) is 7.39. The molecule has 0 unspecified atom stereocenters. The molecule has 0 spiro atoms. The minimum absolute atomic E-state index is 0.0570. The van der Waals surface area contributed by atoms with Gasteiger partial charge in [0.05, 0.1) is 18.5 Å². The number of fused-ring (bicyclic) bond motifs is 1. The van der Waals surface area contributed by atoms with Gasteiger partial charge in [-0.1, -0.05) is 48.5 Å². The summed E-state index contributed by atoms with van der Waals surface area (Å²) in [5.74, 6) is -0.206. The topological polar surface area (TPSA) is 58.2 Å². The van der Waals surface area contributed by atoms with Crippen LogP contribution in [-0.4, -0.2) is 11.8 Å². The van der Waals surface area contributed by atoms with E-state index in [0.29, 0.717) is 0 Å². The molecule has 27 heavy (non-hydrogen) atoms. The van der Waals surface area contributed by atoms with Crippen molar-refractivity contribution in [3.8, 4) is 0 Å². The van der Waals surface area contributed by atoms with E-state index in [1.165, 1.54) is 30.9 Å². The van der Waals surface area contributed by atoms with Crippen molar-refractivity contribution < 1.29 is 9.59 Å². The van der Waals surface area contributed by atoms with Gasteiger partial charge in [-0.15, -0.1) is 0 Å². The fourth-order valence-electron chi connectivity index (χ4n) is 3.77. The highest BCUT2D eigenvalue weighted by atomic mass is 16.2. The lowest BCUT2D eigenvalue weighted by atomic mass is 9.89. The van der Waals surface area contributed by atoms with Gasteiger partial charge in [0.2, 0.25) is 11.8 Å². The van der Waals surface area contributed by atoms with Crippen molar-refractivity contribution in [3.63, 3.8) is 0 Å². The van der Waals surface area contributed by atoms with Gasteiger partial charge in [-0.05, 0) is 54.9 Å². The van der Waals surface area contributed by atoms with Gasteiger partial charge in [-0.2, -0.15) is 0 Å². The highest BCUT2D eigenvalue weighted by molar-refractivity contribution is 5.79. The first-order chi connectivity index (χ1) is 13.0. The van der Waals surface area contributed by atoms with Gasteiger partial charge >= 0.3 is 0 Å². The quantitative estimate of drug-likeness (QED) is 0.814. The van der Waals surface area contributed by atoms with E-state index >= 15 is 0 Å². The third-order valence-corrected chi connectivity index (χ3v) is 5.22. The van der Waals surface area contributed by atoms with Gasteiger partial charge < -0.3 is 10.6 Å². The summed E-state index contributed by atoms with van der Waals surface area (Å²) in [7, 11) is 0.